The molecule has 8 heteroatoms. The SMILES string of the molecule is CCCCCCCCCCCCCCCCCC(=O)N(CCCCc1ccc(OC)cc1)C[C@H]1O[C@H](OC)[C@H](O)[C@@H](O)[C@@H]1O. The molecule has 1 aromatic carbocycles. The van der Waals surface area contributed by atoms with Gasteiger partial charge in [0.15, 0.2) is 6.29 Å². The second-order valence-electron chi connectivity index (χ2n) is 12.6. The molecule has 1 aromatic rings. The fourth-order valence-electron chi connectivity index (χ4n) is 6.03. The van der Waals surface area contributed by atoms with Crippen LogP contribution in [0.3, 0.4) is 0 Å². The number of hydrogen-bond donors (Lipinski definition) is 3. The van der Waals surface area contributed by atoms with Crippen LogP contribution in [0.4, 0.5) is 0 Å². The van der Waals surface area contributed by atoms with Crippen molar-refractivity contribution in [3.63, 3.8) is 0 Å². The van der Waals surface area contributed by atoms with Crippen LogP contribution in [0, 0.1) is 0 Å². The Hall–Kier alpha value is -1.71. The van der Waals surface area contributed by atoms with E-state index in [9.17, 15) is 20.1 Å². The summed E-state index contributed by atoms with van der Waals surface area (Å²) < 4.78 is 16.2. The second kappa shape index (κ2) is 23.6. The summed E-state index contributed by atoms with van der Waals surface area (Å²) in [5.74, 6) is 0.867. The number of aryl methyl sites for hydroxylation is 1. The zero-order chi connectivity index (χ0) is 32.0. The Balaban J connectivity index is 1.71. The lowest BCUT2D eigenvalue weighted by Crippen LogP contribution is -2.60. The van der Waals surface area contributed by atoms with E-state index in [2.05, 4.69) is 19.1 Å². The van der Waals surface area contributed by atoms with Crippen molar-refractivity contribution < 1.29 is 34.3 Å². The summed E-state index contributed by atoms with van der Waals surface area (Å²) in [6.45, 7) is 2.95. The zero-order valence-electron chi connectivity index (χ0n) is 28.0. The summed E-state index contributed by atoms with van der Waals surface area (Å²) in [6.07, 6.45) is 16.3. The van der Waals surface area contributed by atoms with Crippen LogP contribution < -0.4 is 4.74 Å². The fourth-order valence-corrected chi connectivity index (χ4v) is 6.03. The quantitative estimate of drug-likeness (QED) is 0.106. The van der Waals surface area contributed by atoms with Crippen LogP contribution in [-0.4, -0.2) is 84.1 Å². The summed E-state index contributed by atoms with van der Waals surface area (Å²) in [4.78, 5) is 15.1. The summed E-state index contributed by atoms with van der Waals surface area (Å²) in [5.41, 5.74) is 1.22. The largest absolute Gasteiger partial charge is 0.497 e. The molecule has 2 rings (SSSR count). The lowest BCUT2D eigenvalue weighted by Gasteiger charge is -2.41. The van der Waals surface area contributed by atoms with Crippen LogP contribution in [0.15, 0.2) is 24.3 Å². The number of carbonyl (C=O) groups is 1. The highest BCUT2D eigenvalue weighted by atomic mass is 16.7. The van der Waals surface area contributed by atoms with Gasteiger partial charge in [-0.3, -0.25) is 4.79 Å². The third-order valence-electron chi connectivity index (χ3n) is 8.95. The van der Waals surface area contributed by atoms with E-state index in [0.717, 1.165) is 44.3 Å². The predicted molar refractivity (Wildman–Crippen MR) is 176 cm³/mol. The molecule has 1 aliphatic rings. The monoisotopic (exact) mass is 621 g/mol. The van der Waals surface area contributed by atoms with Gasteiger partial charge in [0.25, 0.3) is 0 Å². The Morgan fingerprint density at radius 1 is 0.727 bits per heavy atom. The summed E-state index contributed by atoms with van der Waals surface area (Å²) in [7, 11) is 3.04. The Bertz CT molecular complexity index is 849. The van der Waals surface area contributed by atoms with Crippen molar-refractivity contribution in [3.05, 3.63) is 29.8 Å². The Labute approximate surface area is 267 Å². The van der Waals surface area contributed by atoms with Gasteiger partial charge in [0.2, 0.25) is 5.91 Å². The molecule has 1 saturated heterocycles. The standard InChI is InChI=1S/C36H63NO7/c1-4-5-6-7-8-9-10-11-12-13-14-15-16-17-18-22-32(38)37(27-20-19-21-29-23-25-30(42-2)26-24-29)28-31-33(39)34(40)35(41)36(43-3)44-31/h23-26,31,33-36,39-41H,4-22,27-28H2,1-3H3/t31-,33-,34+,35-,36+/m1/s1. The predicted octanol–water partition coefficient (Wildman–Crippen LogP) is 6.56. The van der Waals surface area contributed by atoms with E-state index < -0.39 is 30.7 Å². The maximum Gasteiger partial charge on any atom is 0.222 e. The van der Waals surface area contributed by atoms with Crippen molar-refractivity contribution >= 4 is 5.91 Å². The summed E-state index contributed by atoms with van der Waals surface area (Å²) in [5, 5.41) is 31.1. The first kappa shape index (κ1) is 38.5. The van der Waals surface area contributed by atoms with E-state index in [1.165, 1.54) is 89.7 Å². The molecule has 0 unspecified atom stereocenters. The smallest absolute Gasteiger partial charge is 0.222 e. The van der Waals surface area contributed by atoms with Crippen molar-refractivity contribution in [2.45, 2.75) is 160 Å². The van der Waals surface area contributed by atoms with Gasteiger partial charge in [-0.05, 0) is 43.4 Å². The number of aliphatic hydroxyl groups excluding tert-OH is 3. The molecular weight excluding hydrogens is 558 g/mol. The first-order valence-electron chi connectivity index (χ1n) is 17.5. The topological polar surface area (TPSA) is 109 Å². The number of ether oxygens (including phenoxy) is 3. The van der Waals surface area contributed by atoms with Crippen LogP contribution in [0.25, 0.3) is 0 Å². The van der Waals surface area contributed by atoms with Crippen LogP contribution in [-0.2, 0) is 20.7 Å². The van der Waals surface area contributed by atoms with Gasteiger partial charge < -0.3 is 34.4 Å². The van der Waals surface area contributed by atoms with E-state index in [4.69, 9.17) is 14.2 Å². The average Bonchev–Trinajstić information content (AvgIpc) is 3.04. The zero-order valence-corrected chi connectivity index (χ0v) is 28.0. The van der Waals surface area contributed by atoms with Gasteiger partial charge >= 0.3 is 0 Å². The van der Waals surface area contributed by atoms with E-state index in [1.54, 1.807) is 12.0 Å². The molecule has 0 radical (unpaired) electrons. The van der Waals surface area contributed by atoms with Crippen LogP contribution in [0.1, 0.15) is 128 Å². The van der Waals surface area contributed by atoms with Gasteiger partial charge in [0, 0.05) is 26.6 Å². The molecule has 254 valence electrons. The minimum Gasteiger partial charge on any atom is -0.497 e. The number of amides is 1. The molecule has 0 saturated carbocycles. The molecule has 0 aromatic heterocycles. The number of carbonyl (C=O) groups excluding carboxylic acids is 1. The highest BCUT2D eigenvalue weighted by molar-refractivity contribution is 5.76. The molecule has 5 atom stereocenters. The van der Waals surface area contributed by atoms with Crippen molar-refractivity contribution in [2.24, 2.45) is 0 Å². The van der Waals surface area contributed by atoms with Gasteiger partial charge in [0.05, 0.1) is 7.11 Å². The Morgan fingerprint density at radius 3 is 1.80 bits per heavy atom. The van der Waals surface area contributed by atoms with Gasteiger partial charge in [-0.1, -0.05) is 109 Å². The molecular formula is C36H63NO7. The first-order chi connectivity index (χ1) is 21.4. The molecule has 1 fully saturated rings. The molecule has 0 spiro atoms. The second-order valence-corrected chi connectivity index (χ2v) is 12.6. The third kappa shape index (κ3) is 15.0. The highest BCUT2D eigenvalue weighted by Crippen LogP contribution is 2.23. The molecule has 3 N–H and O–H groups in total. The minimum absolute atomic E-state index is 0.0366. The number of benzene rings is 1. The number of aliphatic hydroxyl groups is 3. The van der Waals surface area contributed by atoms with E-state index in [0.29, 0.717) is 13.0 Å². The molecule has 1 aliphatic heterocycles. The van der Waals surface area contributed by atoms with Crippen molar-refractivity contribution in [1.82, 2.24) is 4.90 Å². The van der Waals surface area contributed by atoms with Crippen molar-refractivity contribution in [2.75, 3.05) is 27.3 Å². The van der Waals surface area contributed by atoms with Crippen molar-refractivity contribution in [1.29, 1.82) is 0 Å². The average molecular weight is 622 g/mol. The molecule has 1 amide bonds. The number of hydrogen-bond acceptors (Lipinski definition) is 7. The summed E-state index contributed by atoms with van der Waals surface area (Å²) in [6, 6.07) is 8.02. The van der Waals surface area contributed by atoms with Gasteiger partial charge in [-0.2, -0.15) is 0 Å². The number of methoxy groups -OCH3 is 2. The molecule has 0 bridgehead atoms. The van der Waals surface area contributed by atoms with E-state index in [1.807, 2.05) is 12.1 Å². The van der Waals surface area contributed by atoms with Gasteiger partial charge in [0.1, 0.15) is 30.2 Å². The number of nitrogens with zero attached hydrogens (tertiary/aromatic N) is 1. The van der Waals surface area contributed by atoms with Crippen LogP contribution in [0.2, 0.25) is 0 Å². The number of rotatable bonds is 25. The lowest BCUT2D eigenvalue weighted by atomic mass is 9.98. The molecule has 1 heterocycles. The normalized spacial score (nSPS) is 21.8. The lowest BCUT2D eigenvalue weighted by molar-refractivity contribution is -0.291. The maximum absolute atomic E-state index is 13.3. The fraction of sp³-hybridized carbons (Fsp3) is 0.806. The van der Waals surface area contributed by atoms with Gasteiger partial charge in [-0.15, -0.1) is 0 Å². The highest BCUT2D eigenvalue weighted by Gasteiger charge is 2.44. The Kier molecular flexibility index (Phi) is 20.6. The van der Waals surface area contributed by atoms with E-state index >= 15 is 0 Å². The molecule has 44 heavy (non-hydrogen) atoms. The summed E-state index contributed by atoms with van der Waals surface area (Å²) >= 11 is 0. The van der Waals surface area contributed by atoms with Crippen LogP contribution in [0.5, 0.6) is 5.75 Å². The first-order valence-corrected chi connectivity index (χ1v) is 17.5. The third-order valence-corrected chi connectivity index (χ3v) is 8.95. The van der Waals surface area contributed by atoms with Crippen LogP contribution >= 0.6 is 0 Å². The molecule has 8 nitrogen and oxygen atoms in total. The number of unbranched alkanes of at least 4 members (excludes halogenated alkanes) is 15. The van der Waals surface area contributed by atoms with E-state index in [-0.39, 0.29) is 12.5 Å². The van der Waals surface area contributed by atoms with Gasteiger partial charge in [-0.25, -0.2) is 0 Å². The molecule has 0 aliphatic carbocycles. The van der Waals surface area contributed by atoms with Crippen molar-refractivity contribution in [3.8, 4) is 5.75 Å². The minimum atomic E-state index is -1.40. The Morgan fingerprint density at radius 2 is 1.27 bits per heavy atom. The maximum atomic E-state index is 13.3.